The summed E-state index contributed by atoms with van der Waals surface area (Å²) in [6, 6.07) is 18.5. The highest BCUT2D eigenvalue weighted by molar-refractivity contribution is 6.33. The van der Waals surface area contributed by atoms with E-state index in [-0.39, 0.29) is 6.04 Å². The molecule has 1 aliphatic heterocycles. The summed E-state index contributed by atoms with van der Waals surface area (Å²) in [5, 5.41) is 24.6. The third-order valence-corrected chi connectivity index (χ3v) is 7.20. The molecule has 3 aromatic rings. The number of hydrogen-bond acceptors (Lipinski definition) is 7. The van der Waals surface area contributed by atoms with Gasteiger partial charge in [-0.3, -0.25) is 10.2 Å². The van der Waals surface area contributed by atoms with Gasteiger partial charge in [-0.25, -0.2) is 9.78 Å². The quantitative estimate of drug-likeness (QED) is 0.348. The van der Waals surface area contributed by atoms with E-state index in [1.54, 1.807) is 58.2 Å². The number of amides is 1. The number of benzene rings is 2. The molecule has 0 unspecified atom stereocenters. The van der Waals surface area contributed by atoms with Crippen LogP contribution in [0.4, 0.5) is 16.3 Å². The minimum Gasteiger partial charge on any atom is -0.444 e. The molecule has 1 aromatic heterocycles. The smallest absolute Gasteiger partial charge is 0.413 e. The van der Waals surface area contributed by atoms with Crippen LogP contribution >= 0.6 is 23.2 Å². The number of pyridine rings is 1. The second-order valence-electron chi connectivity index (χ2n) is 11.1. The van der Waals surface area contributed by atoms with Gasteiger partial charge < -0.3 is 14.7 Å². The van der Waals surface area contributed by atoms with Gasteiger partial charge in [0.1, 0.15) is 11.4 Å². The monoisotopic (exact) mass is 581 g/mol. The Hall–Kier alpha value is -3.35. The summed E-state index contributed by atoms with van der Waals surface area (Å²) in [5.41, 5.74) is 1.16. The van der Waals surface area contributed by atoms with E-state index in [9.17, 15) is 15.2 Å². The Morgan fingerprint density at radius 1 is 1.12 bits per heavy atom. The maximum absolute atomic E-state index is 12.2. The number of rotatable bonds is 6. The van der Waals surface area contributed by atoms with Crippen molar-refractivity contribution in [3.63, 3.8) is 0 Å². The van der Waals surface area contributed by atoms with Crippen molar-refractivity contribution in [1.82, 2.24) is 9.88 Å². The molecule has 8 nitrogen and oxygen atoms in total. The van der Waals surface area contributed by atoms with Gasteiger partial charge in [0.15, 0.2) is 0 Å². The molecule has 1 aliphatic rings. The fraction of sp³-hybridized carbons (Fsp3) is 0.367. The van der Waals surface area contributed by atoms with Crippen molar-refractivity contribution < 1.29 is 14.6 Å². The number of aliphatic hydroxyl groups is 1. The molecule has 1 fully saturated rings. The van der Waals surface area contributed by atoms with Gasteiger partial charge in [-0.2, -0.15) is 5.26 Å². The number of nitrogens with zero attached hydrogens (tertiary/aromatic N) is 4. The standard InChI is InChI=1S/C30H33Cl2N5O3/c1-29(2,3)40-28(38)35-27-16-22(11-12-34-27)30(4,39)19-36-13-14-37(25-10-5-20(17-33)15-24(25)32)26(18-36)21-6-8-23(31)9-7-21/h5-12,15-16,26,39H,13-14,18-19H2,1-4H3,(H,34,35,38)/t26-,30+/m0/s1. The van der Waals surface area contributed by atoms with Crippen molar-refractivity contribution in [2.75, 3.05) is 36.4 Å². The van der Waals surface area contributed by atoms with Gasteiger partial charge in [0.25, 0.3) is 0 Å². The van der Waals surface area contributed by atoms with Crippen molar-refractivity contribution in [2.24, 2.45) is 0 Å². The number of piperazine rings is 1. The van der Waals surface area contributed by atoms with E-state index in [2.05, 4.69) is 26.2 Å². The minimum absolute atomic E-state index is 0.0749. The Kier molecular flexibility index (Phi) is 8.91. The lowest BCUT2D eigenvalue weighted by Crippen LogP contribution is -2.52. The second-order valence-corrected chi connectivity index (χ2v) is 11.9. The normalized spacial score (nSPS) is 17.6. The van der Waals surface area contributed by atoms with Gasteiger partial charge >= 0.3 is 6.09 Å². The summed E-state index contributed by atoms with van der Waals surface area (Å²) < 4.78 is 5.32. The Bertz CT molecular complexity index is 1400. The van der Waals surface area contributed by atoms with Crippen molar-refractivity contribution in [1.29, 1.82) is 5.26 Å². The molecule has 40 heavy (non-hydrogen) atoms. The number of carbonyl (C=O) groups is 1. The van der Waals surface area contributed by atoms with Crippen LogP contribution in [0.25, 0.3) is 0 Å². The summed E-state index contributed by atoms with van der Waals surface area (Å²) in [6.45, 7) is 9.39. The third kappa shape index (κ3) is 7.43. The van der Waals surface area contributed by atoms with E-state index < -0.39 is 17.3 Å². The molecule has 10 heteroatoms. The Morgan fingerprint density at radius 2 is 1.85 bits per heavy atom. The molecule has 0 spiro atoms. The highest BCUT2D eigenvalue weighted by atomic mass is 35.5. The number of nitrogens with one attached hydrogen (secondary N) is 1. The second kappa shape index (κ2) is 12.0. The predicted octanol–water partition coefficient (Wildman–Crippen LogP) is 6.38. The number of anilines is 2. The van der Waals surface area contributed by atoms with Crippen LogP contribution in [0.15, 0.2) is 60.8 Å². The van der Waals surface area contributed by atoms with Crippen molar-refractivity contribution in [2.45, 2.75) is 44.9 Å². The summed E-state index contributed by atoms with van der Waals surface area (Å²) in [7, 11) is 0. The molecular formula is C30H33Cl2N5O3. The molecule has 1 amide bonds. The van der Waals surface area contributed by atoms with Crippen molar-refractivity contribution >= 4 is 40.8 Å². The Labute approximate surface area is 245 Å². The number of halogens is 2. The van der Waals surface area contributed by atoms with Gasteiger partial charge in [-0.05, 0) is 81.3 Å². The highest BCUT2D eigenvalue weighted by Gasteiger charge is 2.34. The lowest BCUT2D eigenvalue weighted by molar-refractivity contribution is 0.0102. The van der Waals surface area contributed by atoms with Gasteiger partial charge in [0, 0.05) is 37.4 Å². The molecule has 2 N–H and O–H groups in total. The number of aromatic nitrogens is 1. The van der Waals surface area contributed by atoms with Gasteiger partial charge in [-0.1, -0.05) is 35.3 Å². The Balaban J connectivity index is 1.54. The lowest BCUT2D eigenvalue weighted by atomic mass is 9.94. The van der Waals surface area contributed by atoms with Crippen LogP contribution in [-0.4, -0.2) is 52.9 Å². The molecule has 2 atom stereocenters. The first-order valence-corrected chi connectivity index (χ1v) is 13.7. The molecule has 4 rings (SSSR count). The molecule has 2 aromatic carbocycles. The predicted molar refractivity (Wildman–Crippen MR) is 158 cm³/mol. The first kappa shape index (κ1) is 29.6. The zero-order valence-electron chi connectivity index (χ0n) is 23.0. The average molecular weight is 583 g/mol. The van der Waals surface area contributed by atoms with Crippen LogP contribution in [0.3, 0.4) is 0 Å². The molecule has 2 heterocycles. The number of nitriles is 1. The fourth-order valence-electron chi connectivity index (χ4n) is 4.82. The fourth-order valence-corrected chi connectivity index (χ4v) is 5.23. The van der Waals surface area contributed by atoms with Crippen LogP contribution in [0.1, 0.15) is 50.4 Å². The van der Waals surface area contributed by atoms with Crippen LogP contribution in [0.5, 0.6) is 0 Å². The van der Waals surface area contributed by atoms with Crippen LogP contribution in [0, 0.1) is 11.3 Å². The van der Waals surface area contributed by atoms with Gasteiger partial charge in [0.05, 0.1) is 34.0 Å². The molecule has 0 bridgehead atoms. The zero-order valence-corrected chi connectivity index (χ0v) is 24.5. The van der Waals surface area contributed by atoms with E-state index in [1.807, 2.05) is 30.3 Å². The maximum Gasteiger partial charge on any atom is 0.413 e. The summed E-state index contributed by atoms with van der Waals surface area (Å²) in [4.78, 5) is 20.9. The van der Waals surface area contributed by atoms with E-state index in [4.69, 9.17) is 27.9 Å². The first-order chi connectivity index (χ1) is 18.8. The Morgan fingerprint density at radius 3 is 2.50 bits per heavy atom. The topological polar surface area (TPSA) is 102 Å². The van der Waals surface area contributed by atoms with Crippen LogP contribution < -0.4 is 10.2 Å². The van der Waals surface area contributed by atoms with Gasteiger partial charge in [0.2, 0.25) is 0 Å². The molecule has 0 radical (unpaired) electrons. The molecule has 1 saturated heterocycles. The lowest BCUT2D eigenvalue weighted by Gasteiger charge is -2.45. The SMILES string of the molecule is CC(C)(C)OC(=O)Nc1cc([C@](C)(O)CN2CCN(c3ccc(C#N)cc3Cl)[C@H](c3ccc(Cl)cc3)C2)ccn1. The van der Waals surface area contributed by atoms with Crippen LogP contribution in [-0.2, 0) is 10.3 Å². The highest BCUT2D eigenvalue weighted by Crippen LogP contribution is 2.37. The van der Waals surface area contributed by atoms with Gasteiger partial charge in [-0.15, -0.1) is 0 Å². The summed E-state index contributed by atoms with van der Waals surface area (Å²) in [6.07, 6.45) is 0.942. The van der Waals surface area contributed by atoms with Crippen molar-refractivity contribution in [3.8, 4) is 6.07 Å². The summed E-state index contributed by atoms with van der Waals surface area (Å²) in [5.74, 6) is 0.298. The molecule has 0 aliphatic carbocycles. The van der Waals surface area contributed by atoms with E-state index in [0.29, 0.717) is 53.2 Å². The van der Waals surface area contributed by atoms with E-state index in [0.717, 1.165) is 11.3 Å². The number of carbonyl (C=O) groups excluding carboxylic acids is 1. The minimum atomic E-state index is -1.23. The maximum atomic E-state index is 12.2. The average Bonchev–Trinajstić information content (AvgIpc) is 2.88. The molecule has 0 saturated carbocycles. The van der Waals surface area contributed by atoms with E-state index in [1.165, 1.54) is 0 Å². The molecule has 210 valence electrons. The number of ether oxygens (including phenoxy) is 1. The van der Waals surface area contributed by atoms with Crippen molar-refractivity contribution in [3.05, 3.63) is 87.5 Å². The van der Waals surface area contributed by atoms with E-state index >= 15 is 0 Å². The first-order valence-electron chi connectivity index (χ1n) is 13.0. The number of hydrogen-bond donors (Lipinski definition) is 2. The van der Waals surface area contributed by atoms with Crippen LogP contribution in [0.2, 0.25) is 10.0 Å². The number of β-amino-alcohol motifs (C(OH)–C–C–N with tert-alkyl or cyclic N) is 1. The summed E-state index contributed by atoms with van der Waals surface area (Å²) >= 11 is 12.8. The largest absolute Gasteiger partial charge is 0.444 e. The third-order valence-electron chi connectivity index (χ3n) is 6.65. The zero-order chi connectivity index (χ0) is 29.1. The molecular weight excluding hydrogens is 549 g/mol.